The van der Waals surface area contributed by atoms with E-state index < -0.39 is 5.97 Å². The van der Waals surface area contributed by atoms with Crippen LogP contribution < -0.4 is 0 Å². The van der Waals surface area contributed by atoms with Crippen molar-refractivity contribution in [3.05, 3.63) is 0 Å². The van der Waals surface area contributed by atoms with Gasteiger partial charge in [0, 0.05) is 5.41 Å². The molecule has 1 rings (SSSR count). The minimum absolute atomic E-state index is 0.103. The molecule has 1 fully saturated rings. The number of unbranched alkanes of at least 4 members (excludes halogenated alkanes) is 1. The van der Waals surface area contributed by atoms with Crippen LogP contribution in [0, 0.1) is 11.3 Å². The topological polar surface area (TPSA) is 46.5 Å². The number of halogens is 1. The SMILES string of the molecule is CCCCC(I)OC1C(C(=O)O)C1(C)C. The van der Waals surface area contributed by atoms with Gasteiger partial charge in [0.05, 0.1) is 12.0 Å². The van der Waals surface area contributed by atoms with Gasteiger partial charge in [-0.25, -0.2) is 0 Å². The summed E-state index contributed by atoms with van der Waals surface area (Å²) in [4.78, 5) is 10.9. The normalized spacial score (nSPS) is 29.9. The van der Waals surface area contributed by atoms with Gasteiger partial charge < -0.3 is 9.84 Å². The molecule has 0 aliphatic heterocycles. The zero-order valence-corrected chi connectivity index (χ0v) is 11.7. The molecule has 0 spiro atoms. The van der Waals surface area contributed by atoms with Gasteiger partial charge in [-0.2, -0.15) is 0 Å². The van der Waals surface area contributed by atoms with Gasteiger partial charge in [-0.05, 0) is 6.42 Å². The average Bonchev–Trinajstić information content (AvgIpc) is 2.64. The van der Waals surface area contributed by atoms with Crippen LogP contribution in [0.1, 0.15) is 40.0 Å². The maximum absolute atomic E-state index is 10.9. The lowest BCUT2D eigenvalue weighted by atomic mass is 10.1. The average molecular weight is 326 g/mol. The lowest BCUT2D eigenvalue weighted by molar-refractivity contribution is -0.140. The van der Waals surface area contributed by atoms with Crippen molar-refractivity contribution in [3.63, 3.8) is 0 Å². The summed E-state index contributed by atoms with van der Waals surface area (Å²) < 4.78 is 5.91. The van der Waals surface area contributed by atoms with Crippen molar-refractivity contribution >= 4 is 28.6 Å². The molecule has 15 heavy (non-hydrogen) atoms. The molecule has 1 aliphatic carbocycles. The lowest BCUT2D eigenvalue weighted by Gasteiger charge is -2.11. The van der Waals surface area contributed by atoms with Crippen molar-refractivity contribution in [2.75, 3.05) is 0 Å². The molecule has 0 bridgehead atoms. The van der Waals surface area contributed by atoms with E-state index in [1.165, 1.54) is 0 Å². The van der Waals surface area contributed by atoms with Crippen LogP contribution in [-0.2, 0) is 9.53 Å². The molecule has 0 aromatic carbocycles. The van der Waals surface area contributed by atoms with Gasteiger partial charge >= 0.3 is 5.97 Å². The molecular formula is C11H19IO3. The second-order valence-corrected chi connectivity index (χ2v) is 6.14. The third kappa shape index (κ3) is 3.06. The Morgan fingerprint density at radius 3 is 2.60 bits per heavy atom. The van der Waals surface area contributed by atoms with Crippen LogP contribution in [0.25, 0.3) is 0 Å². The van der Waals surface area contributed by atoms with Crippen LogP contribution in [0.4, 0.5) is 0 Å². The summed E-state index contributed by atoms with van der Waals surface area (Å²) in [5, 5.41) is 8.97. The molecule has 0 heterocycles. The minimum Gasteiger partial charge on any atom is -0.481 e. The highest BCUT2D eigenvalue weighted by molar-refractivity contribution is 14.1. The number of carboxylic acid groups (broad SMARTS) is 1. The van der Waals surface area contributed by atoms with Gasteiger partial charge in [-0.3, -0.25) is 4.79 Å². The first kappa shape index (κ1) is 13.2. The van der Waals surface area contributed by atoms with Gasteiger partial charge in [0.25, 0.3) is 0 Å². The number of carboxylic acids is 1. The zero-order valence-electron chi connectivity index (χ0n) is 9.50. The molecule has 0 aromatic heterocycles. The lowest BCUT2D eigenvalue weighted by Crippen LogP contribution is -2.11. The van der Waals surface area contributed by atoms with E-state index in [0.29, 0.717) is 0 Å². The van der Waals surface area contributed by atoms with E-state index in [1.807, 2.05) is 13.8 Å². The van der Waals surface area contributed by atoms with Crippen LogP contribution in [0.5, 0.6) is 0 Å². The molecule has 3 nitrogen and oxygen atoms in total. The van der Waals surface area contributed by atoms with Crippen molar-refractivity contribution < 1.29 is 14.6 Å². The van der Waals surface area contributed by atoms with Crippen LogP contribution in [0.15, 0.2) is 0 Å². The Balaban J connectivity index is 2.37. The van der Waals surface area contributed by atoms with Gasteiger partial charge in [-0.1, -0.05) is 56.2 Å². The second kappa shape index (κ2) is 4.99. The van der Waals surface area contributed by atoms with Crippen molar-refractivity contribution in [2.24, 2.45) is 11.3 Å². The zero-order chi connectivity index (χ0) is 11.6. The summed E-state index contributed by atoms with van der Waals surface area (Å²) in [6.45, 7) is 6.06. The van der Waals surface area contributed by atoms with Gasteiger partial charge in [-0.15, -0.1) is 0 Å². The Morgan fingerprint density at radius 1 is 1.60 bits per heavy atom. The second-order valence-electron chi connectivity index (χ2n) is 4.75. The third-order valence-corrected chi connectivity index (χ3v) is 3.99. The summed E-state index contributed by atoms with van der Waals surface area (Å²) in [6.07, 6.45) is 3.20. The first-order valence-corrected chi connectivity index (χ1v) is 6.68. The fourth-order valence-corrected chi connectivity index (χ4v) is 2.64. The molecule has 0 amide bonds. The van der Waals surface area contributed by atoms with E-state index in [4.69, 9.17) is 9.84 Å². The van der Waals surface area contributed by atoms with Gasteiger partial charge in [0.15, 0.2) is 0 Å². The molecular weight excluding hydrogens is 307 g/mol. The van der Waals surface area contributed by atoms with Crippen LogP contribution in [0.2, 0.25) is 0 Å². The van der Waals surface area contributed by atoms with E-state index in [-0.39, 0.29) is 21.5 Å². The van der Waals surface area contributed by atoms with E-state index in [0.717, 1.165) is 19.3 Å². The highest BCUT2D eigenvalue weighted by atomic mass is 127. The van der Waals surface area contributed by atoms with Crippen molar-refractivity contribution in [1.29, 1.82) is 0 Å². The Bertz CT molecular complexity index is 240. The maximum atomic E-state index is 10.9. The van der Waals surface area contributed by atoms with Gasteiger partial charge in [0.1, 0.15) is 4.11 Å². The molecule has 1 N–H and O–H groups in total. The number of hydrogen-bond donors (Lipinski definition) is 1. The highest BCUT2D eigenvalue weighted by Crippen LogP contribution is 2.55. The predicted molar refractivity (Wildman–Crippen MR) is 67.1 cm³/mol. The molecule has 0 aromatic rings. The summed E-state index contributed by atoms with van der Waals surface area (Å²) in [5.41, 5.74) is -0.193. The van der Waals surface area contributed by atoms with Crippen LogP contribution >= 0.6 is 22.6 Å². The third-order valence-electron chi connectivity index (χ3n) is 3.07. The van der Waals surface area contributed by atoms with E-state index in [1.54, 1.807) is 0 Å². The molecule has 1 aliphatic rings. The minimum atomic E-state index is -0.732. The number of rotatable bonds is 6. The monoisotopic (exact) mass is 326 g/mol. The van der Waals surface area contributed by atoms with Crippen molar-refractivity contribution in [2.45, 2.75) is 50.2 Å². The molecule has 3 atom stereocenters. The largest absolute Gasteiger partial charge is 0.481 e. The fourth-order valence-electron chi connectivity index (χ4n) is 1.88. The smallest absolute Gasteiger partial charge is 0.309 e. The molecule has 1 saturated carbocycles. The summed E-state index contributed by atoms with van der Waals surface area (Å²) in [6, 6.07) is 0. The van der Waals surface area contributed by atoms with E-state index >= 15 is 0 Å². The Hall–Kier alpha value is 0.160. The molecule has 0 saturated heterocycles. The Labute approximate surface area is 105 Å². The predicted octanol–water partition coefficient (Wildman–Crippen LogP) is 3.06. The Kier molecular flexibility index (Phi) is 4.40. The molecule has 0 radical (unpaired) electrons. The summed E-state index contributed by atoms with van der Waals surface area (Å²) in [5.74, 6) is -1.06. The van der Waals surface area contributed by atoms with Crippen LogP contribution in [0.3, 0.4) is 0 Å². The van der Waals surface area contributed by atoms with E-state index in [2.05, 4.69) is 29.5 Å². The number of aliphatic carboxylic acids is 1. The first-order chi connectivity index (χ1) is 6.91. The maximum Gasteiger partial charge on any atom is 0.309 e. The number of hydrogen-bond acceptors (Lipinski definition) is 2. The number of alkyl halides is 1. The standard InChI is InChI=1S/C11H19IO3/c1-4-5-6-7(12)15-9-8(10(13)14)11(9,2)3/h7-9H,4-6H2,1-3H3,(H,13,14). The highest BCUT2D eigenvalue weighted by Gasteiger charge is 2.64. The first-order valence-electron chi connectivity index (χ1n) is 5.43. The summed E-state index contributed by atoms with van der Waals surface area (Å²) >= 11 is 2.26. The molecule has 88 valence electrons. The van der Waals surface area contributed by atoms with Crippen LogP contribution in [-0.4, -0.2) is 21.3 Å². The quantitative estimate of drug-likeness (QED) is 0.603. The van der Waals surface area contributed by atoms with Gasteiger partial charge in [0.2, 0.25) is 0 Å². The van der Waals surface area contributed by atoms with Crippen molar-refractivity contribution in [3.8, 4) is 0 Å². The van der Waals surface area contributed by atoms with Crippen molar-refractivity contribution in [1.82, 2.24) is 0 Å². The molecule has 3 unspecified atom stereocenters. The van der Waals surface area contributed by atoms with E-state index in [9.17, 15) is 4.79 Å². The molecule has 4 heteroatoms. The fraction of sp³-hybridized carbons (Fsp3) is 0.909. The number of ether oxygens (including phenoxy) is 1. The summed E-state index contributed by atoms with van der Waals surface area (Å²) in [7, 11) is 0. The number of carbonyl (C=O) groups is 1. The Morgan fingerprint density at radius 2 is 2.20 bits per heavy atom.